The first-order valence-corrected chi connectivity index (χ1v) is 16.8. The molecule has 258 valence electrons. The van der Waals surface area contributed by atoms with Gasteiger partial charge in [-0.15, -0.1) is 23.1 Å². The van der Waals surface area contributed by atoms with Gasteiger partial charge in [-0.3, -0.25) is 24.1 Å². The molecule has 0 bridgehead atoms. The maximum atomic E-state index is 13.5. The fourth-order valence-corrected chi connectivity index (χ4v) is 7.45. The molecule has 4 amide bonds. The minimum absolute atomic E-state index is 0.00902. The number of phenols is 1. The van der Waals surface area contributed by atoms with Crippen molar-refractivity contribution in [1.82, 2.24) is 20.1 Å². The number of allylic oxidation sites excluding steroid dienone is 1. The third kappa shape index (κ3) is 6.85. The van der Waals surface area contributed by atoms with Gasteiger partial charge in [0.15, 0.2) is 34.8 Å². The Morgan fingerprint density at radius 3 is 2.64 bits per heavy atom. The van der Waals surface area contributed by atoms with Crippen molar-refractivity contribution in [2.24, 2.45) is 5.16 Å². The summed E-state index contributed by atoms with van der Waals surface area (Å²) in [5, 5.41) is 39.6. The van der Waals surface area contributed by atoms with E-state index < -0.39 is 58.1 Å². The number of rotatable bonds is 10. The number of aromatic nitrogens is 2. The average Bonchev–Trinajstić information content (AvgIpc) is 3.66. The smallest absolute Gasteiger partial charge is 0.290 e. The molecule has 19 heteroatoms. The number of nitrogens with one attached hydrogen (secondary N) is 2. The number of likely N-dealkylation sites (tertiary alicyclic amines) is 1. The number of phenolic OH excluding ortho intramolecular Hbond substituents is 1. The van der Waals surface area contributed by atoms with Gasteiger partial charge in [-0.1, -0.05) is 5.16 Å². The van der Waals surface area contributed by atoms with E-state index in [-0.39, 0.29) is 46.8 Å². The van der Waals surface area contributed by atoms with Crippen molar-refractivity contribution in [2.75, 3.05) is 23.3 Å². The number of carbonyl (C=O) groups excluding carboxylic acids is 5. The molecule has 0 unspecified atom stereocenters. The van der Waals surface area contributed by atoms with Crippen molar-refractivity contribution < 1.29 is 48.4 Å². The molecule has 50 heavy (non-hydrogen) atoms. The monoisotopic (exact) mass is 722 g/mol. The number of nitrogens with two attached hydrogens (primary N) is 1. The Bertz CT molecular complexity index is 2010. The van der Waals surface area contributed by atoms with Gasteiger partial charge in [-0.05, 0) is 35.8 Å². The summed E-state index contributed by atoms with van der Waals surface area (Å²) in [6.45, 7) is 0.544. The van der Waals surface area contributed by atoms with Crippen molar-refractivity contribution in [3.8, 4) is 5.75 Å². The third-order valence-corrected chi connectivity index (χ3v) is 9.99. The molecule has 6 N–H and O–H groups in total. The van der Waals surface area contributed by atoms with E-state index in [0.717, 1.165) is 33.9 Å². The molecule has 3 aromatic rings. The van der Waals surface area contributed by atoms with Gasteiger partial charge in [-0.2, -0.15) is 4.57 Å². The highest BCUT2D eigenvalue weighted by Crippen LogP contribution is 2.41. The number of amides is 4. The minimum Gasteiger partial charge on any atom is -0.543 e. The zero-order chi connectivity index (χ0) is 35.7. The molecule has 3 aliphatic heterocycles. The van der Waals surface area contributed by atoms with Gasteiger partial charge in [0.1, 0.15) is 17.1 Å². The first-order valence-electron chi connectivity index (χ1n) is 14.8. The number of hydrogen-bond acceptors (Lipinski definition) is 13. The van der Waals surface area contributed by atoms with Crippen LogP contribution in [-0.4, -0.2) is 84.1 Å². The molecule has 1 aromatic carbocycles. The summed E-state index contributed by atoms with van der Waals surface area (Å²) in [4.78, 5) is 70.3. The summed E-state index contributed by atoms with van der Waals surface area (Å²) in [5.74, 6) is -5.23. The SMILES string of the molecule is Nc1nc(/C(=N/O)C(=O)N[C@@H]2C(=O)N3C(C(=O)[O-])=C(/C=C4\CCN(Cc5cc[n+](CC(=O)Nc6ccc(O)c(F)c6)cc5)C4=O)CS[C@H]23)cs1. The van der Waals surface area contributed by atoms with Crippen molar-refractivity contribution >= 4 is 69.2 Å². The standard InChI is InChI=1S/C31H27FN8O8S2/c32-19-10-18(1-2-21(19)41)34-22(42)12-38-6-3-15(4-7-38)11-39-8-5-16(27(39)44)9-17-13-49-29-24(28(45)40(29)25(17)30(46)47)36-26(43)23(37-48)20-14-50-31(33)35-20/h1-4,6-7,9-10,14,24,29H,5,8,11-13H2,(H6-,33,34,35,36,37,41,42,43,46,47,48)/b16-9+/t24-,29-/m1/s1. The van der Waals surface area contributed by atoms with Crippen LogP contribution in [-0.2, 0) is 37.1 Å². The van der Waals surface area contributed by atoms with E-state index in [1.54, 1.807) is 34.0 Å². The number of aromatic hydroxyl groups is 1. The van der Waals surface area contributed by atoms with E-state index in [2.05, 4.69) is 20.8 Å². The largest absolute Gasteiger partial charge is 0.543 e. The summed E-state index contributed by atoms with van der Waals surface area (Å²) in [6.07, 6.45) is 5.11. The number of pyridine rings is 1. The number of anilines is 2. The lowest BCUT2D eigenvalue weighted by atomic mass is 10.0. The summed E-state index contributed by atoms with van der Waals surface area (Å²) in [7, 11) is 0. The van der Waals surface area contributed by atoms with Gasteiger partial charge >= 0.3 is 0 Å². The van der Waals surface area contributed by atoms with Crippen LogP contribution in [0.4, 0.5) is 15.2 Å². The fourth-order valence-electron chi connectivity index (χ4n) is 5.59. The van der Waals surface area contributed by atoms with Gasteiger partial charge in [0.2, 0.25) is 12.5 Å². The molecular formula is C31H27FN8O8S2. The molecule has 0 radical (unpaired) electrons. The number of aliphatic carboxylic acids is 1. The quantitative estimate of drug-likeness (QED) is 0.0338. The fraction of sp³-hybridized carbons (Fsp3) is 0.226. The Balaban J connectivity index is 1.07. The van der Waals surface area contributed by atoms with E-state index in [4.69, 9.17) is 5.73 Å². The molecule has 2 saturated heterocycles. The number of fused-ring (bicyclic) bond motifs is 1. The first kappa shape index (κ1) is 34.1. The van der Waals surface area contributed by atoms with Crippen LogP contribution in [0.25, 0.3) is 0 Å². The number of β-lactam (4-membered cyclic amide) rings is 1. The third-order valence-electron chi connectivity index (χ3n) is 8.01. The molecule has 5 heterocycles. The number of carboxylic acids is 1. The van der Waals surface area contributed by atoms with E-state index in [1.807, 2.05) is 0 Å². The zero-order valence-electron chi connectivity index (χ0n) is 25.7. The van der Waals surface area contributed by atoms with Crippen LogP contribution in [0, 0.1) is 5.82 Å². The van der Waals surface area contributed by atoms with Crippen molar-refractivity contribution in [3.63, 3.8) is 0 Å². The zero-order valence-corrected chi connectivity index (χ0v) is 27.4. The van der Waals surface area contributed by atoms with Gasteiger partial charge in [0, 0.05) is 53.7 Å². The maximum Gasteiger partial charge on any atom is 0.290 e. The Morgan fingerprint density at radius 1 is 1.22 bits per heavy atom. The van der Waals surface area contributed by atoms with Crippen LogP contribution in [0.15, 0.2) is 76.2 Å². The van der Waals surface area contributed by atoms with Crippen LogP contribution < -0.4 is 26.0 Å². The summed E-state index contributed by atoms with van der Waals surface area (Å²) in [5.41, 5.74) is 6.29. The minimum atomic E-state index is -1.61. The van der Waals surface area contributed by atoms with Crippen LogP contribution >= 0.6 is 23.1 Å². The molecule has 2 aromatic heterocycles. The topological polar surface area (TPSA) is 235 Å². The lowest BCUT2D eigenvalue weighted by Gasteiger charge is -2.50. The van der Waals surface area contributed by atoms with Crippen molar-refractivity contribution in [3.05, 3.63) is 88.1 Å². The number of oxime groups is 1. The number of halogens is 1. The van der Waals surface area contributed by atoms with E-state index in [0.29, 0.717) is 18.5 Å². The van der Waals surface area contributed by atoms with Crippen LogP contribution in [0.3, 0.4) is 0 Å². The summed E-state index contributed by atoms with van der Waals surface area (Å²) >= 11 is 2.21. The number of nitrogen functional groups attached to an aromatic ring is 1. The van der Waals surface area contributed by atoms with Crippen LogP contribution in [0.5, 0.6) is 5.75 Å². The molecule has 2 atom stereocenters. The number of thiazole rings is 1. The number of carbonyl (C=O) groups is 5. The number of benzene rings is 1. The first-order chi connectivity index (χ1) is 23.9. The molecule has 3 aliphatic rings. The van der Waals surface area contributed by atoms with Crippen molar-refractivity contribution in [1.29, 1.82) is 0 Å². The van der Waals surface area contributed by atoms with E-state index >= 15 is 0 Å². The molecule has 0 saturated carbocycles. The van der Waals surface area contributed by atoms with Gasteiger partial charge in [-0.25, -0.2) is 9.37 Å². The molecule has 16 nitrogen and oxygen atoms in total. The second kappa shape index (κ2) is 14.0. The molecule has 0 aliphatic carbocycles. The molecular weight excluding hydrogens is 696 g/mol. The lowest BCUT2D eigenvalue weighted by molar-refractivity contribution is -0.684. The number of nitrogens with zero attached hydrogens (tertiary/aromatic N) is 5. The Morgan fingerprint density at radius 2 is 1.98 bits per heavy atom. The average molecular weight is 723 g/mol. The molecule has 2 fully saturated rings. The normalized spacial score (nSPS) is 19.8. The second-order valence-corrected chi connectivity index (χ2v) is 13.3. The predicted molar refractivity (Wildman–Crippen MR) is 173 cm³/mol. The molecule has 0 spiro atoms. The Kier molecular flexibility index (Phi) is 9.51. The second-order valence-electron chi connectivity index (χ2n) is 11.3. The summed E-state index contributed by atoms with van der Waals surface area (Å²) in [6, 6.07) is 5.88. The Hall–Kier alpha value is -5.82. The van der Waals surface area contributed by atoms with Crippen molar-refractivity contribution in [2.45, 2.75) is 30.9 Å². The highest BCUT2D eigenvalue weighted by molar-refractivity contribution is 8.00. The van der Waals surface area contributed by atoms with Crippen LogP contribution in [0.2, 0.25) is 0 Å². The summed E-state index contributed by atoms with van der Waals surface area (Å²) < 4.78 is 15.1. The Labute approximate surface area is 290 Å². The van der Waals surface area contributed by atoms with E-state index in [1.165, 1.54) is 29.3 Å². The maximum absolute atomic E-state index is 13.5. The van der Waals surface area contributed by atoms with E-state index in [9.17, 15) is 43.8 Å². The predicted octanol–water partition coefficient (Wildman–Crippen LogP) is -0.563. The number of carboxylic acid groups (broad SMARTS) is 1. The van der Waals surface area contributed by atoms with Crippen LogP contribution in [0.1, 0.15) is 17.7 Å². The number of thioether (sulfide) groups is 1. The highest BCUT2D eigenvalue weighted by Gasteiger charge is 2.53. The highest BCUT2D eigenvalue weighted by atomic mass is 32.2. The number of hydrogen-bond donors (Lipinski definition) is 5. The molecule has 6 rings (SSSR count). The lowest BCUT2D eigenvalue weighted by Crippen LogP contribution is -2.71. The van der Waals surface area contributed by atoms with Gasteiger partial charge < -0.3 is 41.5 Å². The van der Waals surface area contributed by atoms with Gasteiger partial charge in [0.05, 0.1) is 11.7 Å². The van der Waals surface area contributed by atoms with Gasteiger partial charge in [0.25, 0.3) is 17.7 Å².